The van der Waals surface area contributed by atoms with Gasteiger partial charge >= 0.3 is 0 Å². The van der Waals surface area contributed by atoms with Crippen molar-refractivity contribution in [3.8, 4) is 62.1 Å². The number of hydrogen-bond acceptors (Lipinski definition) is 3. The molecule has 0 fully saturated rings. The van der Waals surface area contributed by atoms with Gasteiger partial charge in [0.25, 0.3) is 0 Å². The SMILES string of the molecule is c1ccc(-c2cccc(-c3cc(-c4nc(-c5ccccc5)nc(-c5cccc6ccccc56)n4)c4ccccc4c3-n3c4cc5ccccc5cc4c4cc5ccccc5cc43)c2)cc1. The third-order valence-corrected chi connectivity index (χ3v) is 13.0. The molecule has 2 heterocycles. The lowest BCUT2D eigenvalue weighted by Crippen LogP contribution is -2.04. The molecule has 0 bridgehead atoms. The van der Waals surface area contributed by atoms with Crippen LogP contribution in [-0.4, -0.2) is 19.5 Å². The second-order valence-electron chi connectivity index (χ2n) is 16.8. The highest BCUT2D eigenvalue weighted by atomic mass is 15.0. The molecule has 0 atom stereocenters. The van der Waals surface area contributed by atoms with Crippen LogP contribution in [0.4, 0.5) is 0 Å². The Hall–Kier alpha value is -8.73. The van der Waals surface area contributed by atoms with Crippen LogP contribution in [0.2, 0.25) is 0 Å². The normalized spacial score (nSPS) is 11.7. The van der Waals surface area contributed by atoms with Crippen LogP contribution in [0.1, 0.15) is 0 Å². The monoisotopic (exact) mass is 826 g/mol. The highest BCUT2D eigenvalue weighted by molar-refractivity contribution is 6.19. The van der Waals surface area contributed by atoms with Crippen molar-refractivity contribution < 1.29 is 0 Å². The third-order valence-electron chi connectivity index (χ3n) is 13.0. The lowest BCUT2D eigenvalue weighted by Gasteiger charge is -2.21. The van der Waals surface area contributed by atoms with Gasteiger partial charge in [-0.1, -0.05) is 194 Å². The van der Waals surface area contributed by atoms with Crippen LogP contribution in [0, 0.1) is 0 Å². The fraction of sp³-hybridized carbons (Fsp3) is 0. The maximum Gasteiger partial charge on any atom is 0.164 e. The van der Waals surface area contributed by atoms with Crippen molar-refractivity contribution in [3.63, 3.8) is 0 Å². The second kappa shape index (κ2) is 15.0. The van der Waals surface area contributed by atoms with Crippen molar-refractivity contribution in [2.75, 3.05) is 0 Å². The first-order valence-electron chi connectivity index (χ1n) is 22.1. The van der Waals surface area contributed by atoms with Gasteiger partial charge in [-0.3, -0.25) is 0 Å². The zero-order chi connectivity index (χ0) is 42.8. The summed E-state index contributed by atoms with van der Waals surface area (Å²) < 4.78 is 2.52. The van der Waals surface area contributed by atoms with Crippen LogP contribution in [-0.2, 0) is 0 Å². The Kier molecular flexibility index (Phi) is 8.50. The summed E-state index contributed by atoms with van der Waals surface area (Å²) in [5, 5.41) is 11.6. The highest BCUT2D eigenvalue weighted by Crippen LogP contribution is 2.45. The zero-order valence-corrected chi connectivity index (χ0v) is 35.2. The summed E-state index contributed by atoms with van der Waals surface area (Å²) in [5.74, 6) is 1.87. The Labute approximate surface area is 375 Å². The van der Waals surface area contributed by atoms with Gasteiger partial charge < -0.3 is 4.57 Å². The van der Waals surface area contributed by atoms with E-state index in [0.717, 1.165) is 77.2 Å². The lowest BCUT2D eigenvalue weighted by atomic mass is 9.91. The van der Waals surface area contributed by atoms with Gasteiger partial charge in [0, 0.05) is 38.4 Å². The van der Waals surface area contributed by atoms with E-state index < -0.39 is 0 Å². The zero-order valence-electron chi connectivity index (χ0n) is 35.2. The predicted octanol–water partition coefficient (Wildman–Crippen LogP) is 15.9. The first kappa shape index (κ1) is 36.9. The van der Waals surface area contributed by atoms with Crippen LogP contribution >= 0.6 is 0 Å². The summed E-state index contributed by atoms with van der Waals surface area (Å²) in [6, 6.07) is 82.6. The maximum absolute atomic E-state index is 5.43. The van der Waals surface area contributed by atoms with Crippen molar-refractivity contribution in [3.05, 3.63) is 231 Å². The van der Waals surface area contributed by atoms with Gasteiger partial charge in [0.1, 0.15) is 0 Å². The molecule has 0 unspecified atom stereocenters. The van der Waals surface area contributed by atoms with Crippen molar-refractivity contribution in [1.82, 2.24) is 19.5 Å². The van der Waals surface area contributed by atoms with E-state index in [-0.39, 0.29) is 0 Å². The number of rotatable bonds is 6. The molecule has 4 nitrogen and oxygen atoms in total. The molecule has 0 saturated carbocycles. The summed E-state index contributed by atoms with van der Waals surface area (Å²) >= 11 is 0. The van der Waals surface area contributed by atoms with E-state index in [9.17, 15) is 0 Å². The van der Waals surface area contributed by atoms with Crippen LogP contribution in [0.15, 0.2) is 231 Å². The summed E-state index contributed by atoms with van der Waals surface area (Å²) in [5.41, 5.74) is 10.7. The molecule has 0 aliphatic carbocycles. The van der Waals surface area contributed by atoms with Crippen LogP contribution in [0.25, 0.3) is 127 Å². The Bertz CT molecular complexity index is 3900. The largest absolute Gasteiger partial charge is 0.308 e. The third kappa shape index (κ3) is 6.18. The molecule has 11 aromatic carbocycles. The molecule has 0 N–H and O–H groups in total. The first-order chi connectivity index (χ1) is 32.2. The quantitative estimate of drug-likeness (QED) is 0.168. The van der Waals surface area contributed by atoms with Gasteiger partial charge in [-0.05, 0) is 90.8 Å². The van der Waals surface area contributed by atoms with Gasteiger partial charge in [-0.2, -0.15) is 0 Å². The molecule has 0 radical (unpaired) electrons. The number of fused-ring (bicyclic) bond motifs is 7. The summed E-state index contributed by atoms with van der Waals surface area (Å²) in [6.07, 6.45) is 0. The fourth-order valence-corrected chi connectivity index (χ4v) is 9.89. The Balaban J connectivity index is 1.17. The van der Waals surface area contributed by atoms with Gasteiger partial charge in [0.05, 0.1) is 16.7 Å². The average Bonchev–Trinajstić information content (AvgIpc) is 3.68. The summed E-state index contributed by atoms with van der Waals surface area (Å²) in [7, 11) is 0. The summed E-state index contributed by atoms with van der Waals surface area (Å²) in [4.78, 5) is 16.0. The smallest absolute Gasteiger partial charge is 0.164 e. The molecule has 0 amide bonds. The van der Waals surface area contributed by atoms with Crippen molar-refractivity contribution in [2.24, 2.45) is 0 Å². The molecule has 2 aromatic heterocycles. The summed E-state index contributed by atoms with van der Waals surface area (Å²) in [6.45, 7) is 0. The lowest BCUT2D eigenvalue weighted by molar-refractivity contribution is 1.08. The number of nitrogens with zero attached hydrogens (tertiary/aromatic N) is 4. The minimum absolute atomic E-state index is 0.615. The molecule has 13 rings (SSSR count). The van der Waals surface area contributed by atoms with Gasteiger partial charge in [-0.15, -0.1) is 0 Å². The minimum Gasteiger partial charge on any atom is -0.308 e. The second-order valence-corrected chi connectivity index (χ2v) is 16.8. The molecule has 0 aliphatic rings. The number of benzene rings is 11. The van der Waals surface area contributed by atoms with Crippen molar-refractivity contribution in [1.29, 1.82) is 0 Å². The molecule has 65 heavy (non-hydrogen) atoms. The molecule has 302 valence electrons. The maximum atomic E-state index is 5.43. The van der Waals surface area contributed by atoms with E-state index >= 15 is 0 Å². The Morgan fingerprint density at radius 1 is 0.246 bits per heavy atom. The fourth-order valence-electron chi connectivity index (χ4n) is 9.89. The Morgan fingerprint density at radius 2 is 0.708 bits per heavy atom. The molecular weight excluding hydrogens is 789 g/mol. The van der Waals surface area contributed by atoms with Crippen LogP contribution < -0.4 is 0 Å². The minimum atomic E-state index is 0.615. The standard InChI is InChI=1S/C61H38N4/c1-3-17-39(18-4-1)42-27-15-28-47(33-42)52-38-55(61-63-59(41-20-5-2-6-21-41)62-60(64-61)51-32-16-26-40-19-11-12-29-48(40)51)49-30-13-14-31-50(49)58(52)65-56-36-45-24-9-7-22-43(45)34-53(56)54-35-44-23-8-10-25-46(44)37-57(54)65/h1-38H. The van der Waals surface area contributed by atoms with Gasteiger partial charge in [-0.25, -0.2) is 15.0 Å². The molecule has 0 saturated heterocycles. The van der Waals surface area contributed by atoms with E-state index in [1.807, 2.05) is 18.2 Å². The van der Waals surface area contributed by atoms with Gasteiger partial charge in [0.2, 0.25) is 0 Å². The van der Waals surface area contributed by atoms with Crippen molar-refractivity contribution >= 4 is 64.9 Å². The molecule has 0 spiro atoms. The topological polar surface area (TPSA) is 43.6 Å². The van der Waals surface area contributed by atoms with Gasteiger partial charge in [0.15, 0.2) is 17.5 Å². The highest BCUT2D eigenvalue weighted by Gasteiger charge is 2.24. The average molecular weight is 827 g/mol. The van der Waals surface area contributed by atoms with E-state index in [1.165, 1.54) is 32.3 Å². The van der Waals surface area contributed by atoms with Crippen LogP contribution in [0.5, 0.6) is 0 Å². The number of hydrogen-bond donors (Lipinski definition) is 0. The van der Waals surface area contributed by atoms with Crippen LogP contribution in [0.3, 0.4) is 0 Å². The van der Waals surface area contributed by atoms with E-state index in [2.05, 4.69) is 217 Å². The number of aromatic nitrogens is 4. The molecule has 4 heteroatoms. The predicted molar refractivity (Wildman–Crippen MR) is 271 cm³/mol. The van der Waals surface area contributed by atoms with Crippen molar-refractivity contribution in [2.45, 2.75) is 0 Å². The van der Waals surface area contributed by atoms with E-state index in [0.29, 0.717) is 17.5 Å². The van der Waals surface area contributed by atoms with E-state index in [4.69, 9.17) is 15.0 Å². The molecule has 0 aliphatic heterocycles. The first-order valence-corrected chi connectivity index (χ1v) is 22.1. The molecule has 13 aromatic rings. The van der Waals surface area contributed by atoms with E-state index in [1.54, 1.807) is 0 Å². The molecular formula is C61H38N4. The Morgan fingerprint density at radius 3 is 1.37 bits per heavy atom.